The van der Waals surface area contributed by atoms with Crippen LogP contribution in [-0.4, -0.2) is 68.0 Å². The molecule has 2 amide bonds. The molecule has 0 aliphatic carbocycles. The van der Waals surface area contributed by atoms with Crippen LogP contribution in [0.4, 0.5) is 8.78 Å². The van der Waals surface area contributed by atoms with Gasteiger partial charge >= 0.3 is 0 Å². The van der Waals surface area contributed by atoms with Crippen LogP contribution in [0, 0.1) is 11.6 Å². The summed E-state index contributed by atoms with van der Waals surface area (Å²) in [5.41, 5.74) is 1.41. The average Bonchev–Trinajstić information content (AvgIpc) is 3.27. The van der Waals surface area contributed by atoms with Gasteiger partial charge in [0.2, 0.25) is 17.7 Å². The molecule has 0 saturated heterocycles. The van der Waals surface area contributed by atoms with Gasteiger partial charge in [-0.05, 0) is 47.0 Å². The Kier molecular flexibility index (Phi) is 8.10. The Balaban J connectivity index is 1.76. The molecule has 2 unspecified atom stereocenters. The lowest BCUT2D eigenvalue weighted by atomic mass is 9.92. The molecular weight excluding hydrogens is 528 g/mol. The number of hydrogen-bond donors (Lipinski definition) is 0. The average molecular weight is 556 g/mol. The molecule has 0 spiro atoms. The van der Waals surface area contributed by atoms with E-state index in [0.717, 1.165) is 5.41 Å². The van der Waals surface area contributed by atoms with E-state index in [1.807, 2.05) is 0 Å². The third-order valence-electron chi connectivity index (χ3n) is 6.38. The zero-order chi connectivity index (χ0) is 28.3. The molecule has 2 atom stereocenters. The fourth-order valence-corrected chi connectivity index (χ4v) is 5.65. The largest absolute Gasteiger partial charge is 0.481 e. The molecule has 0 saturated carbocycles. The molecule has 2 heterocycles. The molecule has 11 heteroatoms. The Morgan fingerprint density at radius 2 is 1.72 bits per heavy atom. The summed E-state index contributed by atoms with van der Waals surface area (Å²) in [6, 6.07) is 11.9. The number of benzene rings is 2. The van der Waals surface area contributed by atoms with Crippen LogP contribution in [0.3, 0.4) is 0 Å². The number of carbonyl (C=O) groups is 2. The van der Waals surface area contributed by atoms with Crippen LogP contribution < -0.4 is 4.74 Å². The molecule has 0 N–H and O–H groups in total. The topological polar surface area (TPSA) is 96.9 Å². The lowest BCUT2D eigenvalue weighted by molar-refractivity contribution is -0.143. The van der Waals surface area contributed by atoms with Crippen molar-refractivity contribution in [2.75, 3.05) is 27.0 Å². The van der Waals surface area contributed by atoms with Gasteiger partial charge in [-0.15, -0.1) is 0 Å². The van der Waals surface area contributed by atoms with Crippen molar-refractivity contribution in [2.45, 2.75) is 18.5 Å². The van der Waals surface area contributed by atoms with E-state index in [1.54, 1.807) is 18.2 Å². The minimum Gasteiger partial charge on any atom is -0.481 e. The van der Waals surface area contributed by atoms with Gasteiger partial charge in [-0.3, -0.25) is 9.59 Å². The number of hydrogen-bond acceptors (Lipinski definition) is 6. The van der Waals surface area contributed by atoms with Gasteiger partial charge < -0.3 is 14.5 Å². The number of rotatable bonds is 8. The number of nitrogens with zero attached hydrogens (tertiary/aromatic N) is 3. The zero-order valence-electron chi connectivity index (χ0n) is 21.5. The molecule has 0 bridgehead atoms. The van der Waals surface area contributed by atoms with Crippen molar-refractivity contribution in [1.29, 1.82) is 0 Å². The van der Waals surface area contributed by atoms with E-state index < -0.39 is 45.2 Å². The third-order valence-corrected chi connectivity index (χ3v) is 7.76. The van der Waals surface area contributed by atoms with Gasteiger partial charge in [-0.2, -0.15) is 0 Å². The number of amides is 2. The van der Waals surface area contributed by atoms with E-state index in [0.29, 0.717) is 16.7 Å². The first-order chi connectivity index (χ1) is 18.5. The van der Waals surface area contributed by atoms with Gasteiger partial charge in [0, 0.05) is 43.9 Å². The summed E-state index contributed by atoms with van der Waals surface area (Å²) in [6.45, 7) is -0.0747. The second-order valence-electron chi connectivity index (χ2n) is 9.31. The van der Waals surface area contributed by atoms with Gasteiger partial charge in [-0.25, -0.2) is 22.2 Å². The van der Waals surface area contributed by atoms with Gasteiger partial charge in [0.15, 0.2) is 9.84 Å². The minimum atomic E-state index is -3.56. The van der Waals surface area contributed by atoms with Crippen molar-refractivity contribution >= 4 is 21.7 Å². The highest BCUT2D eigenvalue weighted by Crippen LogP contribution is 2.31. The number of likely N-dealkylation sites (N-methyl/N-ethyl adjacent to an activating group) is 1. The number of aromatic nitrogens is 1. The van der Waals surface area contributed by atoms with Crippen LogP contribution in [0.25, 0.3) is 11.1 Å². The monoisotopic (exact) mass is 555 g/mol. The van der Waals surface area contributed by atoms with Crippen LogP contribution in [0.5, 0.6) is 5.88 Å². The normalized spacial score (nSPS) is 16.5. The highest BCUT2D eigenvalue weighted by atomic mass is 32.2. The maximum absolute atomic E-state index is 15.6. The van der Waals surface area contributed by atoms with Crippen LogP contribution in [0.1, 0.15) is 17.0 Å². The summed E-state index contributed by atoms with van der Waals surface area (Å²) in [4.78, 5) is 33.9. The second kappa shape index (κ2) is 11.3. The summed E-state index contributed by atoms with van der Waals surface area (Å²) >= 11 is 0. The van der Waals surface area contributed by atoms with Crippen molar-refractivity contribution in [1.82, 2.24) is 14.8 Å². The van der Waals surface area contributed by atoms with E-state index in [4.69, 9.17) is 4.74 Å². The molecule has 204 valence electrons. The molecule has 3 aromatic rings. The molecule has 1 aliphatic heterocycles. The minimum absolute atomic E-state index is 0.0747. The summed E-state index contributed by atoms with van der Waals surface area (Å²) in [6.07, 6.45) is 2.87. The summed E-state index contributed by atoms with van der Waals surface area (Å²) in [5, 5.41) is 1.03. The van der Waals surface area contributed by atoms with Crippen molar-refractivity contribution in [3.05, 3.63) is 95.0 Å². The summed E-state index contributed by atoms with van der Waals surface area (Å²) in [7, 11) is 0.774. The standard InChI is InChI=1S/C28H27F2N3O5S/c1-32(2)27(34)26(23-9-6-20(15-24(23)30)19-4-7-21(29)8-5-19)28(35)33(22-11-13-39(36,37)17-22)16-18-10-12-31-25(14-18)38-3/h4-15,22,26H,16-17H2,1-3H3. The highest BCUT2D eigenvalue weighted by Gasteiger charge is 2.39. The van der Waals surface area contributed by atoms with Crippen molar-refractivity contribution in [3.63, 3.8) is 0 Å². The summed E-state index contributed by atoms with van der Waals surface area (Å²) < 4.78 is 58.6. The molecular formula is C28H27F2N3O5S. The Morgan fingerprint density at radius 3 is 2.31 bits per heavy atom. The molecule has 1 aliphatic rings. The van der Waals surface area contributed by atoms with E-state index in [9.17, 15) is 22.4 Å². The second-order valence-corrected chi connectivity index (χ2v) is 11.2. The van der Waals surface area contributed by atoms with Gasteiger partial charge in [0.1, 0.15) is 17.6 Å². The van der Waals surface area contributed by atoms with E-state index in [2.05, 4.69) is 4.98 Å². The Hall–Kier alpha value is -4.12. The van der Waals surface area contributed by atoms with E-state index in [-0.39, 0.29) is 23.7 Å². The maximum Gasteiger partial charge on any atom is 0.240 e. The predicted molar refractivity (Wildman–Crippen MR) is 141 cm³/mol. The number of halogens is 2. The number of sulfone groups is 1. The third kappa shape index (κ3) is 6.31. The van der Waals surface area contributed by atoms with E-state index in [1.165, 1.54) is 79.7 Å². The Morgan fingerprint density at radius 1 is 1.03 bits per heavy atom. The maximum atomic E-state index is 15.6. The quantitative estimate of drug-likeness (QED) is 0.395. The first kappa shape index (κ1) is 27.9. The van der Waals surface area contributed by atoms with Crippen molar-refractivity contribution in [2.24, 2.45) is 0 Å². The molecule has 2 aromatic carbocycles. The van der Waals surface area contributed by atoms with Crippen LogP contribution >= 0.6 is 0 Å². The van der Waals surface area contributed by atoms with Crippen molar-refractivity contribution < 1.29 is 31.5 Å². The van der Waals surface area contributed by atoms with Gasteiger partial charge in [0.25, 0.3) is 0 Å². The van der Waals surface area contributed by atoms with E-state index >= 15 is 4.39 Å². The Labute approximate surface area is 225 Å². The SMILES string of the molecule is COc1cc(CN(C(=O)C(C(=O)N(C)C)c2ccc(-c3ccc(F)cc3)cc2F)C2C=CS(=O)(=O)C2)ccn1. The fourth-order valence-electron chi connectivity index (χ4n) is 4.35. The summed E-state index contributed by atoms with van der Waals surface area (Å²) in [5.74, 6) is -4.32. The lowest BCUT2D eigenvalue weighted by Crippen LogP contribution is -2.47. The van der Waals surface area contributed by atoms with Crippen LogP contribution in [0.15, 0.2) is 72.3 Å². The molecule has 39 heavy (non-hydrogen) atoms. The Bertz CT molecular complexity index is 1520. The highest BCUT2D eigenvalue weighted by molar-refractivity contribution is 7.94. The van der Waals surface area contributed by atoms with Crippen LogP contribution in [0.2, 0.25) is 0 Å². The first-order valence-corrected chi connectivity index (χ1v) is 13.7. The first-order valence-electron chi connectivity index (χ1n) is 12.0. The predicted octanol–water partition coefficient (Wildman–Crippen LogP) is 3.55. The number of pyridine rings is 1. The van der Waals surface area contributed by atoms with Crippen molar-refractivity contribution in [3.8, 4) is 17.0 Å². The zero-order valence-corrected chi connectivity index (χ0v) is 22.4. The molecule has 1 aromatic heterocycles. The van der Waals surface area contributed by atoms with Gasteiger partial charge in [-0.1, -0.05) is 24.3 Å². The molecule has 0 radical (unpaired) electrons. The number of methoxy groups -OCH3 is 1. The smallest absolute Gasteiger partial charge is 0.240 e. The molecule has 4 rings (SSSR count). The lowest BCUT2D eigenvalue weighted by Gasteiger charge is -2.32. The van der Waals surface area contributed by atoms with Crippen LogP contribution in [-0.2, 0) is 26.0 Å². The number of ether oxygens (including phenoxy) is 1. The number of carbonyl (C=O) groups excluding carboxylic acids is 2. The molecule has 8 nitrogen and oxygen atoms in total. The fraction of sp³-hybridized carbons (Fsp3) is 0.250. The van der Waals surface area contributed by atoms with Gasteiger partial charge in [0.05, 0.1) is 18.9 Å². The molecule has 0 fully saturated rings.